The van der Waals surface area contributed by atoms with E-state index in [1.54, 1.807) is 0 Å². The summed E-state index contributed by atoms with van der Waals surface area (Å²) in [6.07, 6.45) is 0. The fourth-order valence-electron chi connectivity index (χ4n) is 9.00. The first-order valence-corrected chi connectivity index (χ1v) is 21.1. The normalized spacial score (nSPS) is 11.9. The number of nitrogens with zero attached hydrogens (tertiary/aromatic N) is 3. The van der Waals surface area contributed by atoms with Crippen LogP contribution in [0, 0.1) is 0 Å². The van der Waals surface area contributed by atoms with E-state index >= 15 is 0 Å². The molecule has 0 spiro atoms. The predicted octanol–water partition coefficient (Wildman–Crippen LogP) is 15.5. The van der Waals surface area contributed by atoms with Crippen LogP contribution in [0.3, 0.4) is 0 Å². The van der Waals surface area contributed by atoms with E-state index in [2.05, 4.69) is 146 Å². The second-order valence-corrected chi connectivity index (χ2v) is 16.6. The third kappa shape index (κ3) is 5.50. The van der Waals surface area contributed by atoms with Crippen LogP contribution in [-0.4, -0.2) is 15.0 Å². The third-order valence-corrected chi connectivity index (χ3v) is 13.1. The lowest BCUT2D eigenvalue weighted by molar-refractivity contribution is 0.669. The minimum atomic E-state index is 0.583. The van der Waals surface area contributed by atoms with E-state index in [1.807, 2.05) is 53.8 Å². The van der Waals surface area contributed by atoms with E-state index in [1.165, 1.54) is 31.1 Å². The molecule has 5 nitrogen and oxygen atoms in total. The van der Waals surface area contributed by atoms with Crippen molar-refractivity contribution in [2.75, 3.05) is 0 Å². The molecule has 61 heavy (non-hydrogen) atoms. The molecule has 0 amide bonds. The number of rotatable bonds is 5. The monoisotopic (exact) mass is 797 g/mol. The van der Waals surface area contributed by atoms with Crippen LogP contribution in [0.4, 0.5) is 0 Å². The van der Waals surface area contributed by atoms with E-state index in [4.69, 9.17) is 23.8 Å². The number of benzene rings is 9. The van der Waals surface area contributed by atoms with Gasteiger partial charge in [-0.25, -0.2) is 15.0 Å². The summed E-state index contributed by atoms with van der Waals surface area (Å²) in [6, 6.07) is 65.7. The SMILES string of the molecule is c1ccc(-c2nc(-c3ccc4ccccc4c3)nc(-c3cccc4oc5ccc(-c6cccc7oc8ccc(-c9ccc%10c(c9)sc9ccccc9%10)cc8c67)cc5c34)n2)cc1. The van der Waals surface area contributed by atoms with Gasteiger partial charge in [0, 0.05) is 58.4 Å². The van der Waals surface area contributed by atoms with Crippen molar-refractivity contribution >= 4 is 86.2 Å². The maximum Gasteiger partial charge on any atom is 0.164 e. The summed E-state index contributed by atoms with van der Waals surface area (Å²) in [6.45, 7) is 0. The Bertz CT molecular complexity index is 3900. The average molecular weight is 798 g/mol. The summed E-state index contributed by atoms with van der Waals surface area (Å²) < 4.78 is 15.7. The van der Waals surface area contributed by atoms with Gasteiger partial charge < -0.3 is 8.83 Å². The molecule has 0 atom stereocenters. The average Bonchev–Trinajstić information content (AvgIpc) is 4.02. The van der Waals surface area contributed by atoms with Gasteiger partial charge in [0.05, 0.1) is 0 Å². The highest BCUT2D eigenvalue weighted by Crippen LogP contribution is 2.43. The van der Waals surface area contributed by atoms with Crippen LogP contribution in [0.1, 0.15) is 0 Å². The van der Waals surface area contributed by atoms with Gasteiger partial charge in [0.1, 0.15) is 22.3 Å². The number of fused-ring (bicyclic) bond motifs is 10. The first-order valence-electron chi connectivity index (χ1n) is 20.3. The number of hydrogen-bond donors (Lipinski definition) is 0. The van der Waals surface area contributed by atoms with Crippen LogP contribution in [0.15, 0.2) is 197 Å². The molecule has 6 heteroatoms. The molecule has 0 aliphatic rings. The van der Waals surface area contributed by atoms with E-state index < -0.39 is 0 Å². The van der Waals surface area contributed by atoms with Gasteiger partial charge in [0.25, 0.3) is 0 Å². The van der Waals surface area contributed by atoms with Gasteiger partial charge in [0.2, 0.25) is 0 Å². The zero-order valence-electron chi connectivity index (χ0n) is 32.5. The Morgan fingerprint density at radius 3 is 1.72 bits per heavy atom. The van der Waals surface area contributed by atoms with Crippen molar-refractivity contribution in [1.29, 1.82) is 0 Å². The van der Waals surface area contributed by atoms with Crippen molar-refractivity contribution < 1.29 is 8.83 Å². The maximum absolute atomic E-state index is 6.55. The van der Waals surface area contributed by atoms with E-state index in [0.29, 0.717) is 17.5 Å². The molecule has 0 N–H and O–H groups in total. The van der Waals surface area contributed by atoms with Gasteiger partial charge in [-0.3, -0.25) is 0 Å². The third-order valence-electron chi connectivity index (χ3n) is 11.9. The highest BCUT2D eigenvalue weighted by atomic mass is 32.1. The summed E-state index contributed by atoms with van der Waals surface area (Å²) >= 11 is 1.84. The van der Waals surface area contributed by atoms with Gasteiger partial charge in [-0.1, -0.05) is 133 Å². The van der Waals surface area contributed by atoms with Crippen molar-refractivity contribution in [3.63, 3.8) is 0 Å². The molecule has 4 aromatic heterocycles. The van der Waals surface area contributed by atoms with E-state index in [-0.39, 0.29) is 0 Å². The van der Waals surface area contributed by atoms with Crippen molar-refractivity contribution in [2.45, 2.75) is 0 Å². The standard InChI is InChI=1S/C55H31N3O2S/c1-2-11-33(12-3-1)53-56-54(38-21-20-32-10-4-5-13-34(32)28-38)58-55(57-53)42-16-9-18-48-52(42)44-30-37(24-27-46(44)60-48)39-15-8-17-47-51(39)43-29-35(23-26-45(43)59-47)36-22-25-41-40-14-6-7-19-49(40)61-50(41)31-36/h1-31H. The second kappa shape index (κ2) is 13.3. The summed E-state index contributed by atoms with van der Waals surface area (Å²) in [5.74, 6) is 1.81. The van der Waals surface area contributed by atoms with Crippen molar-refractivity contribution in [3.8, 4) is 56.4 Å². The fraction of sp³-hybridized carbons (Fsp3) is 0. The molecule has 0 fully saturated rings. The Labute approximate surface area is 352 Å². The van der Waals surface area contributed by atoms with E-state index in [9.17, 15) is 0 Å². The zero-order chi connectivity index (χ0) is 40.0. The fourth-order valence-corrected chi connectivity index (χ4v) is 10.1. The van der Waals surface area contributed by atoms with Gasteiger partial charge in [0.15, 0.2) is 17.5 Å². The van der Waals surface area contributed by atoms with Gasteiger partial charge in [-0.15, -0.1) is 11.3 Å². The number of aromatic nitrogens is 3. The molecule has 284 valence electrons. The Morgan fingerprint density at radius 2 is 0.902 bits per heavy atom. The Kier molecular flexibility index (Phi) is 7.41. The van der Waals surface area contributed by atoms with Crippen molar-refractivity contribution in [3.05, 3.63) is 188 Å². The highest BCUT2D eigenvalue weighted by molar-refractivity contribution is 7.25. The summed E-state index contributed by atoms with van der Waals surface area (Å²) in [7, 11) is 0. The van der Waals surface area contributed by atoms with Gasteiger partial charge >= 0.3 is 0 Å². The number of hydrogen-bond acceptors (Lipinski definition) is 6. The zero-order valence-corrected chi connectivity index (χ0v) is 33.3. The Morgan fingerprint density at radius 1 is 0.311 bits per heavy atom. The summed E-state index contributed by atoms with van der Waals surface area (Å²) in [5, 5.41) is 9.00. The first kappa shape index (κ1) is 34.0. The molecule has 9 aromatic carbocycles. The predicted molar refractivity (Wildman–Crippen MR) is 252 cm³/mol. The lowest BCUT2D eigenvalue weighted by Gasteiger charge is -2.10. The van der Waals surface area contributed by atoms with Crippen LogP contribution in [0.5, 0.6) is 0 Å². The first-order chi connectivity index (χ1) is 30.2. The Balaban J connectivity index is 0.973. The lowest BCUT2D eigenvalue weighted by atomic mass is 9.95. The molecule has 0 bridgehead atoms. The van der Waals surface area contributed by atoms with Crippen LogP contribution >= 0.6 is 11.3 Å². The molecule has 0 aliphatic carbocycles. The number of thiophene rings is 1. The summed E-state index contributed by atoms with van der Waals surface area (Å²) in [4.78, 5) is 15.3. The van der Waals surface area contributed by atoms with Crippen molar-refractivity contribution in [2.24, 2.45) is 0 Å². The molecule has 0 unspecified atom stereocenters. The molecule has 0 aliphatic heterocycles. The minimum absolute atomic E-state index is 0.583. The largest absolute Gasteiger partial charge is 0.456 e. The number of furan rings is 2. The van der Waals surface area contributed by atoms with Crippen LogP contribution in [0.2, 0.25) is 0 Å². The Hall–Kier alpha value is -7.93. The quantitative estimate of drug-likeness (QED) is 0.174. The van der Waals surface area contributed by atoms with E-state index in [0.717, 1.165) is 82.6 Å². The highest BCUT2D eigenvalue weighted by Gasteiger charge is 2.20. The minimum Gasteiger partial charge on any atom is -0.456 e. The molecule has 0 saturated carbocycles. The lowest BCUT2D eigenvalue weighted by Crippen LogP contribution is -2.00. The van der Waals surface area contributed by atoms with Gasteiger partial charge in [-0.05, 0) is 87.6 Å². The van der Waals surface area contributed by atoms with Crippen LogP contribution in [-0.2, 0) is 0 Å². The van der Waals surface area contributed by atoms with Gasteiger partial charge in [-0.2, -0.15) is 0 Å². The molecule has 13 rings (SSSR count). The summed E-state index contributed by atoms with van der Waals surface area (Å²) in [5.41, 5.74) is 10.5. The van der Waals surface area contributed by atoms with Crippen LogP contribution in [0.25, 0.3) is 131 Å². The van der Waals surface area contributed by atoms with Crippen molar-refractivity contribution in [1.82, 2.24) is 15.0 Å². The molecule has 0 saturated heterocycles. The second-order valence-electron chi connectivity index (χ2n) is 15.5. The maximum atomic E-state index is 6.55. The molecule has 0 radical (unpaired) electrons. The molecule has 13 aromatic rings. The topological polar surface area (TPSA) is 65.0 Å². The molecular formula is C55H31N3O2S. The molecular weight excluding hydrogens is 767 g/mol. The van der Waals surface area contributed by atoms with Crippen LogP contribution < -0.4 is 0 Å². The smallest absolute Gasteiger partial charge is 0.164 e. The molecule has 4 heterocycles.